The molecule has 1 amide bonds. The van der Waals surface area contributed by atoms with Crippen LogP contribution in [0.3, 0.4) is 0 Å². The average Bonchev–Trinajstić information content (AvgIpc) is 3.76. The Bertz CT molecular complexity index is 1670. The van der Waals surface area contributed by atoms with Gasteiger partial charge in [-0.1, -0.05) is 19.9 Å². The third-order valence-corrected chi connectivity index (χ3v) is 11.6. The molecule has 3 aliphatic carbocycles. The number of amides is 1. The molecule has 5 aliphatic rings. The number of nitrogens with zero attached hydrogens (tertiary/aromatic N) is 3. The summed E-state index contributed by atoms with van der Waals surface area (Å²) in [6, 6.07) is 3.87. The third-order valence-electron chi connectivity index (χ3n) is 11.6. The Morgan fingerprint density at radius 1 is 1.06 bits per heavy atom. The number of esters is 1. The molecular weight excluding hydrogens is 649 g/mol. The number of aryl methyl sites for hydroxylation is 1. The number of aromatic nitrogens is 2. The molecule has 2 aromatic rings. The summed E-state index contributed by atoms with van der Waals surface area (Å²) in [6.07, 6.45) is 6.41. The van der Waals surface area contributed by atoms with Crippen LogP contribution in [-0.2, 0) is 30.0 Å². The monoisotopic (exact) mass is 705 g/mol. The molecule has 1 aromatic carbocycles. The molecule has 2 saturated heterocycles. The number of likely N-dealkylation sites (tertiary alicyclic amines) is 1. The quantitative estimate of drug-likeness (QED) is 0.212. The lowest BCUT2D eigenvalue weighted by atomic mass is 9.43. The van der Waals surface area contributed by atoms with E-state index in [1.807, 2.05) is 39.8 Å². The second kappa shape index (κ2) is 13.2. The molecule has 278 valence electrons. The molecule has 3 saturated carbocycles. The van der Waals surface area contributed by atoms with Gasteiger partial charge in [0.2, 0.25) is 5.91 Å². The Labute approximate surface area is 303 Å². The summed E-state index contributed by atoms with van der Waals surface area (Å²) in [4.78, 5) is 45.8. The molecule has 3 heterocycles. The van der Waals surface area contributed by atoms with E-state index in [9.17, 15) is 14.4 Å². The standard InChI is InChI=1S/C39H56BN3O8/c1-23-25(14-16-40-50-31-19-26-18-30(38(26,9)10)39(31,11)51-40)12-13-29(32(23)34(45)48-36(3,4)5)47-27-15-17-42(20-27)33(44)24(2)28-21-43(22-41-28)35(46)49-37(6,7)8/h12-13,21-22,24,26-27,30-31H,14-20H2,1-11H3/t24?,26-,27-,30-,31+,39-/m0/s1. The van der Waals surface area contributed by atoms with Gasteiger partial charge in [-0.25, -0.2) is 19.1 Å². The predicted octanol–water partition coefficient (Wildman–Crippen LogP) is 6.98. The van der Waals surface area contributed by atoms with Crippen molar-refractivity contribution < 1.29 is 37.9 Å². The Morgan fingerprint density at radius 3 is 2.43 bits per heavy atom. The van der Waals surface area contributed by atoms with Gasteiger partial charge in [0.25, 0.3) is 0 Å². The summed E-state index contributed by atoms with van der Waals surface area (Å²) in [6.45, 7) is 22.5. The molecule has 51 heavy (non-hydrogen) atoms. The van der Waals surface area contributed by atoms with Gasteiger partial charge in [-0.15, -0.1) is 0 Å². The van der Waals surface area contributed by atoms with Crippen molar-refractivity contribution in [1.29, 1.82) is 0 Å². The number of carbonyl (C=O) groups excluding carboxylic acids is 3. The zero-order valence-corrected chi connectivity index (χ0v) is 32.3. The molecule has 1 unspecified atom stereocenters. The second-order valence-electron chi connectivity index (χ2n) is 17.9. The molecule has 1 aromatic heterocycles. The first-order chi connectivity index (χ1) is 23.7. The normalized spacial score (nSPS) is 27.4. The van der Waals surface area contributed by atoms with E-state index in [2.05, 4.69) is 25.8 Å². The van der Waals surface area contributed by atoms with Gasteiger partial charge in [0.15, 0.2) is 0 Å². The van der Waals surface area contributed by atoms with Crippen LogP contribution in [0, 0.1) is 24.2 Å². The minimum absolute atomic E-state index is 0.111. The van der Waals surface area contributed by atoms with Crippen LogP contribution < -0.4 is 4.74 Å². The lowest BCUT2D eigenvalue weighted by molar-refractivity contribution is -0.199. The van der Waals surface area contributed by atoms with E-state index in [1.165, 1.54) is 17.3 Å². The molecule has 11 nitrogen and oxygen atoms in total. The van der Waals surface area contributed by atoms with Crippen LogP contribution in [0.15, 0.2) is 24.7 Å². The lowest BCUT2D eigenvalue weighted by Crippen LogP contribution is -2.65. The molecule has 2 aliphatic heterocycles. The maximum Gasteiger partial charge on any atom is 0.457 e. The first-order valence-corrected chi connectivity index (χ1v) is 18.6. The van der Waals surface area contributed by atoms with Crippen LogP contribution in [0.5, 0.6) is 5.75 Å². The zero-order valence-electron chi connectivity index (χ0n) is 32.3. The van der Waals surface area contributed by atoms with Crippen LogP contribution in [0.2, 0.25) is 6.32 Å². The lowest BCUT2D eigenvalue weighted by Gasteiger charge is -2.64. The third kappa shape index (κ3) is 7.45. The van der Waals surface area contributed by atoms with Gasteiger partial charge in [0, 0.05) is 19.2 Å². The molecule has 6 atom stereocenters. The van der Waals surface area contributed by atoms with Crippen molar-refractivity contribution in [3.05, 3.63) is 47.0 Å². The van der Waals surface area contributed by atoms with Crippen molar-refractivity contribution in [3.8, 4) is 5.75 Å². The first-order valence-electron chi connectivity index (χ1n) is 18.6. The van der Waals surface area contributed by atoms with E-state index in [0.29, 0.717) is 61.1 Å². The van der Waals surface area contributed by atoms with Crippen molar-refractivity contribution in [2.75, 3.05) is 13.1 Å². The molecular formula is C39H56BN3O8. The number of hydrogen-bond donors (Lipinski definition) is 0. The maximum absolute atomic E-state index is 13.7. The summed E-state index contributed by atoms with van der Waals surface area (Å²) in [5.41, 5.74) is 1.41. The largest absolute Gasteiger partial charge is 0.488 e. The van der Waals surface area contributed by atoms with Gasteiger partial charge in [-0.2, -0.15) is 0 Å². The van der Waals surface area contributed by atoms with Gasteiger partial charge in [-0.3, -0.25) is 4.79 Å². The summed E-state index contributed by atoms with van der Waals surface area (Å²) < 4.78 is 32.2. The molecule has 0 radical (unpaired) electrons. The van der Waals surface area contributed by atoms with Crippen LogP contribution in [-0.4, -0.2) is 81.6 Å². The SMILES string of the molecule is Cc1c(CCB2O[C@@H]3C[C@@H]4C[C@@H](C4(C)C)[C@]3(C)O2)ccc(O[C@H]2CCN(C(=O)C(C)c3cn(C(=O)OC(C)(C)C)cn3)C2)c1C(=O)OC(C)(C)C. The van der Waals surface area contributed by atoms with Gasteiger partial charge in [0.05, 0.1) is 29.9 Å². The molecule has 7 rings (SSSR count). The fourth-order valence-corrected chi connectivity index (χ4v) is 8.61. The van der Waals surface area contributed by atoms with E-state index in [-0.39, 0.29) is 36.2 Å². The van der Waals surface area contributed by atoms with E-state index < -0.39 is 29.2 Å². The predicted molar refractivity (Wildman–Crippen MR) is 193 cm³/mol. The van der Waals surface area contributed by atoms with E-state index in [0.717, 1.165) is 17.5 Å². The summed E-state index contributed by atoms with van der Waals surface area (Å²) >= 11 is 0. The smallest absolute Gasteiger partial charge is 0.457 e. The van der Waals surface area contributed by atoms with E-state index in [1.54, 1.807) is 38.8 Å². The Kier molecular flexibility index (Phi) is 9.70. The van der Waals surface area contributed by atoms with Gasteiger partial charge in [-0.05, 0) is 122 Å². The van der Waals surface area contributed by atoms with Crippen molar-refractivity contribution in [1.82, 2.24) is 14.5 Å². The van der Waals surface area contributed by atoms with Crippen LogP contribution in [0.1, 0.15) is 122 Å². The van der Waals surface area contributed by atoms with Crippen LogP contribution >= 0.6 is 0 Å². The Hall–Kier alpha value is -3.38. The highest BCUT2D eigenvalue weighted by molar-refractivity contribution is 6.45. The number of imidazole rings is 1. The highest BCUT2D eigenvalue weighted by Gasteiger charge is 2.67. The fourth-order valence-electron chi connectivity index (χ4n) is 8.61. The minimum atomic E-state index is -0.689. The van der Waals surface area contributed by atoms with E-state index >= 15 is 0 Å². The number of ether oxygens (including phenoxy) is 3. The number of rotatable bonds is 8. The number of hydrogen-bond acceptors (Lipinski definition) is 9. The van der Waals surface area contributed by atoms with Gasteiger partial charge >= 0.3 is 19.2 Å². The van der Waals surface area contributed by atoms with Gasteiger partial charge < -0.3 is 28.4 Å². The van der Waals surface area contributed by atoms with Crippen molar-refractivity contribution in [2.45, 2.75) is 143 Å². The zero-order chi connectivity index (χ0) is 37.3. The first kappa shape index (κ1) is 37.4. The van der Waals surface area contributed by atoms with Crippen LogP contribution in [0.25, 0.3) is 0 Å². The number of carbonyl (C=O) groups is 3. The minimum Gasteiger partial charge on any atom is -0.488 e. The summed E-state index contributed by atoms with van der Waals surface area (Å²) in [5, 5.41) is 0. The molecule has 12 heteroatoms. The number of benzene rings is 1. The average molecular weight is 706 g/mol. The van der Waals surface area contributed by atoms with Crippen molar-refractivity contribution in [2.24, 2.45) is 17.3 Å². The summed E-state index contributed by atoms with van der Waals surface area (Å²) in [7, 11) is -0.286. The highest BCUT2D eigenvalue weighted by Crippen LogP contribution is 2.65. The molecule has 0 spiro atoms. The van der Waals surface area contributed by atoms with Gasteiger partial charge in [0.1, 0.15) is 34.9 Å². The fraction of sp³-hybridized carbons (Fsp3) is 0.692. The Balaban J connectivity index is 1.12. The molecule has 0 N–H and O–H groups in total. The van der Waals surface area contributed by atoms with Crippen LogP contribution in [0.4, 0.5) is 4.79 Å². The topological polar surface area (TPSA) is 118 Å². The molecule has 5 fully saturated rings. The van der Waals surface area contributed by atoms with Crippen molar-refractivity contribution >= 4 is 25.1 Å². The van der Waals surface area contributed by atoms with E-state index in [4.69, 9.17) is 23.5 Å². The highest BCUT2D eigenvalue weighted by atomic mass is 16.7. The maximum atomic E-state index is 13.7. The second-order valence-corrected chi connectivity index (χ2v) is 17.9. The van der Waals surface area contributed by atoms with Crippen molar-refractivity contribution in [3.63, 3.8) is 0 Å². The Morgan fingerprint density at radius 2 is 1.76 bits per heavy atom. The molecule has 2 bridgehead atoms. The summed E-state index contributed by atoms with van der Waals surface area (Å²) in [5.74, 6) is 0.526.